The van der Waals surface area contributed by atoms with Crippen molar-refractivity contribution in [2.45, 2.75) is 51.4 Å². The number of aldehydes is 1. The van der Waals surface area contributed by atoms with Crippen molar-refractivity contribution in [2.75, 3.05) is 0 Å². The summed E-state index contributed by atoms with van der Waals surface area (Å²) in [6.45, 7) is 0. The molecule has 0 unspecified atom stereocenters. The van der Waals surface area contributed by atoms with Gasteiger partial charge in [-0.2, -0.15) is 0 Å². The first-order chi connectivity index (χ1) is 7.36. The molecular weight excluding hydrogens is 184 g/mol. The van der Waals surface area contributed by atoms with Crippen molar-refractivity contribution < 1.29 is 4.79 Å². The van der Waals surface area contributed by atoms with Crippen LogP contribution in [-0.2, 0) is 4.79 Å². The average Bonchev–Trinajstić information content (AvgIpc) is 2.83. The van der Waals surface area contributed by atoms with E-state index >= 15 is 0 Å². The molecule has 0 aromatic heterocycles. The van der Waals surface area contributed by atoms with E-state index in [0.29, 0.717) is 0 Å². The van der Waals surface area contributed by atoms with Gasteiger partial charge in [0, 0.05) is 11.0 Å². The molecule has 2 saturated carbocycles. The molecule has 3 aliphatic carbocycles. The summed E-state index contributed by atoms with van der Waals surface area (Å²) in [6.07, 6.45) is 13.6. The van der Waals surface area contributed by atoms with Gasteiger partial charge in [0.25, 0.3) is 0 Å². The molecule has 0 atom stereocenters. The normalized spacial score (nSPS) is 28.1. The minimum Gasteiger partial charge on any atom is -0.298 e. The standard InChI is InChI=1S/C14H18O/c15-10-13-12-6-2-1-5-11(12)9-14(13)7-3-4-8-14/h9-10H,1-8H2. The van der Waals surface area contributed by atoms with Crippen molar-refractivity contribution in [3.63, 3.8) is 0 Å². The van der Waals surface area contributed by atoms with E-state index in [4.69, 9.17) is 0 Å². The monoisotopic (exact) mass is 202 g/mol. The van der Waals surface area contributed by atoms with Gasteiger partial charge in [0.15, 0.2) is 0 Å². The zero-order valence-corrected chi connectivity index (χ0v) is 9.22. The number of hydrogen-bond donors (Lipinski definition) is 0. The SMILES string of the molecule is O=CC1=C2CCCCC2=CC12CCCC2. The van der Waals surface area contributed by atoms with Crippen LogP contribution in [0.2, 0.25) is 0 Å². The van der Waals surface area contributed by atoms with Gasteiger partial charge < -0.3 is 0 Å². The molecule has 0 radical (unpaired) electrons. The lowest BCUT2D eigenvalue weighted by atomic mass is 9.80. The smallest absolute Gasteiger partial charge is 0.147 e. The minimum absolute atomic E-state index is 0.191. The van der Waals surface area contributed by atoms with Crippen LogP contribution in [-0.4, -0.2) is 6.29 Å². The van der Waals surface area contributed by atoms with Crippen LogP contribution in [0.1, 0.15) is 51.4 Å². The molecule has 1 heteroatoms. The van der Waals surface area contributed by atoms with Crippen LogP contribution in [0.25, 0.3) is 0 Å². The minimum atomic E-state index is 0.191. The van der Waals surface area contributed by atoms with Crippen molar-refractivity contribution in [1.29, 1.82) is 0 Å². The molecular formula is C14H18O. The van der Waals surface area contributed by atoms with Gasteiger partial charge in [0.2, 0.25) is 0 Å². The molecule has 0 aromatic carbocycles. The summed E-state index contributed by atoms with van der Waals surface area (Å²) in [5.41, 5.74) is 4.30. The van der Waals surface area contributed by atoms with Crippen LogP contribution >= 0.6 is 0 Å². The van der Waals surface area contributed by atoms with Gasteiger partial charge in [-0.3, -0.25) is 4.79 Å². The molecule has 1 nitrogen and oxygen atoms in total. The lowest BCUT2D eigenvalue weighted by molar-refractivity contribution is -0.105. The second kappa shape index (κ2) is 3.33. The first kappa shape index (κ1) is 9.38. The number of fused-ring (bicyclic) bond motifs is 1. The quantitative estimate of drug-likeness (QED) is 0.594. The predicted octanol–water partition coefficient (Wildman–Crippen LogP) is 3.56. The van der Waals surface area contributed by atoms with Crippen LogP contribution in [0.3, 0.4) is 0 Å². The molecule has 0 bridgehead atoms. The lowest BCUT2D eigenvalue weighted by Gasteiger charge is -2.22. The molecule has 15 heavy (non-hydrogen) atoms. The Bertz CT molecular complexity index is 354. The maximum Gasteiger partial charge on any atom is 0.147 e. The molecule has 3 aliphatic rings. The summed E-state index contributed by atoms with van der Waals surface area (Å²) in [4.78, 5) is 11.3. The van der Waals surface area contributed by atoms with E-state index in [1.54, 1.807) is 0 Å². The molecule has 1 spiro atoms. The molecule has 0 N–H and O–H groups in total. The van der Waals surface area contributed by atoms with Crippen LogP contribution in [0.15, 0.2) is 22.8 Å². The third-order valence-corrected chi connectivity index (χ3v) is 4.44. The average molecular weight is 202 g/mol. The van der Waals surface area contributed by atoms with E-state index in [-0.39, 0.29) is 5.41 Å². The Morgan fingerprint density at radius 1 is 1.07 bits per heavy atom. The first-order valence-electron chi connectivity index (χ1n) is 6.27. The lowest BCUT2D eigenvalue weighted by Crippen LogP contribution is -2.15. The molecule has 0 heterocycles. The molecule has 0 amide bonds. The molecule has 3 rings (SSSR count). The Hall–Kier alpha value is -0.850. The fourth-order valence-electron chi connectivity index (χ4n) is 3.72. The number of carbonyl (C=O) groups is 1. The highest BCUT2D eigenvalue weighted by Crippen LogP contribution is 2.54. The zero-order valence-electron chi connectivity index (χ0n) is 9.22. The van der Waals surface area contributed by atoms with Crippen molar-refractivity contribution in [3.05, 3.63) is 22.8 Å². The Kier molecular flexibility index (Phi) is 2.08. The number of rotatable bonds is 1. The summed E-state index contributed by atoms with van der Waals surface area (Å²) in [6, 6.07) is 0. The van der Waals surface area contributed by atoms with Crippen molar-refractivity contribution in [2.24, 2.45) is 5.41 Å². The fraction of sp³-hybridized carbons (Fsp3) is 0.643. The third-order valence-electron chi connectivity index (χ3n) is 4.44. The highest BCUT2D eigenvalue weighted by molar-refractivity contribution is 5.82. The first-order valence-corrected chi connectivity index (χ1v) is 6.27. The number of carbonyl (C=O) groups excluding carboxylic acids is 1. The highest BCUT2D eigenvalue weighted by Gasteiger charge is 2.42. The van der Waals surface area contributed by atoms with E-state index in [9.17, 15) is 4.79 Å². The second-order valence-electron chi connectivity index (χ2n) is 5.25. The van der Waals surface area contributed by atoms with E-state index in [0.717, 1.165) is 18.3 Å². The summed E-state index contributed by atoms with van der Waals surface area (Å²) in [5, 5.41) is 0. The van der Waals surface area contributed by atoms with Crippen LogP contribution in [0.4, 0.5) is 0 Å². The number of hydrogen-bond acceptors (Lipinski definition) is 1. The highest BCUT2D eigenvalue weighted by atomic mass is 16.1. The van der Waals surface area contributed by atoms with Gasteiger partial charge in [0.1, 0.15) is 6.29 Å². The zero-order chi connectivity index (χ0) is 10.3. The van der Waals surface area contributed by atoms with E-state index < -0.39 is 0 Å². The van der Waals surface area contributed by atoms with Gasteiger partial charge in [-0.05, 0) is 49.7 Å². The Morgan fingerprint density at radius 2 is 1.80 bits per heavy atom. The molecule has 0 saturated heterocycles. The van der Waals surface area contributed by atoms with E-state index in [1.807, 2.05) is 0 Å². The molecule has 0 aliphatic heterocycles. The fourth-order valence-corrected chi connectivity index (χ4v) is 3.72. The Morgan fingerprint density at radius 3 is 2.53 bits per heavy atom. The summed E-state index contributed by atoms with van der Waals surface area (Å²) in [5.74, 6) is 0. The van der Waals surface area contributed by atoms with Gasteiger partial charge in [-0.25, -0.2) is 0 Å². The molecule has 80 valence electrons. The topological polar surface area (TPSA) is 17.1 Å². The van der Waals surface area contributed by atoms with Crippen molar-refractivity contribution in [3.8, 4) is 0 Å². The van der Waals surface area contributed by atoms with Gasteiger partial charge >= 0.3 is 0 Å². The summed E-state index contributed by atoms with van der Waals surface area (Å²) >= 11 is 0. The molecule has 0 aromatic rings. The summed E-state index contributed by atoms with van der Waals surface area (Å²) < 4.78 is 0. The van der Waals surface area contributed by atoms with Crippen LogP contribution in [0.5, 0.6) is 0 Å². The molecule has 2 fully saturated rings. The third kappa shape index (κ3) is 1.25. The van der Waals surface area contributed by atoms with E-state index in [1.165, 1.54) is 56.1 Å². The second-order valence-corrected chi connectivity index (χ2v) is 5.25. The summed E-state index contributed by atoms with van der Waals surface area (Å²) in [7, 11) is 0. The van der Waals surface area contributed by atoms with Gasteiger partial charge in [-0.1, -0.05) is 18.9 Å². The van der Waals surface area contributed by atoms with Crippen LogP contribution < -0.4 is 0 Å². The van der Waals surface area contributed by atoms with Gasteiger partial charge in [0.05, 0.1) is 0 Å². The van der Waals surface area contributed by atoms with Gasteiger partial charge in [-0.15, -0.1) is 0 Å². The number of allylic oxidation sites excluding steroid dienone is 4. The van der Waals surface area contributed by atoms with Crippen LogP contribution in [0, 0.1) is 5.41 Å². The Labute approximate surface area is 91.2 Å². The Balaban J connectivity index is 2.07. The van der Waals surface area contributed by atoms with Crippen molar-refractivity contribution in [1.82, 2.24) is 0 Å². The predicted molar refractivity (Wildman–Crippen MR) is 60.5 cm³/mol. The largest absolute Gasteiger partial charge is 0.298 e. The maximum absolute atomic E-state index is 11.3. The van der Waals surface area contributed by atoms with Crippen molar-refractivity contribution >= 4 is 6.29 Å². The maximum atomic E-state index is 11.3. The van der Waals surface area contributed by atoms with E-state index in [2.05, 4.69) is 6.08 Å².